The number of benzene rings is 2. The topological polar surface area (TPSA) is 25.8 Å². The van der Waals surface area contributed by atoms with Crippen LogP contribution in [0.2, 0.25) is 5.15 Å². The van der Waals surface area contributed by atoms with Gasteiger partial charge in [-0.2, -0.15) is 0 Å². The highest BCUT2D eigenvalue weighted by molar-refractivity contribution is 6.29. The summed E-state index contributed by atoms with van der Waals surface area (Å²) in [7, 11) is 0. The summed E-state index contributed by atoms with van der Waals surface area (Å²) in [5.41, 5.74) is 2.89. The Hall–Kier alpha value is -2.26. The molecule has 0 aliphatic carbocycles. The molecular formula is C17H12ClFN2. The number of halogens is 2. The van der Waals surface area contributed by atoms with Gasteiger partial charge in [-0.1, -0.05) is 66.2 Å². The monoisotopic (exact) mass is 298 g/mol. The highest BCUT2D eigenvalue weighted by atomic mass is 35.5. The Balaban J connectivity index is 2.14. The normalized spacial score (nSPS) is 10.6. The van der Waals surface area contributed by atoms with E-state index in [1.807, 2.05) is 36.4 Å². The molecule has 0 N–H and O–H groups in total. The molecule has 0 atom stereocenters. The van der Waals surface area contributed by atoms with Crippen LogP contribution in [0, 0.1) is 0 Å². The number of alkyl halides is 1. The Morgan fingerprint density at radius 2 is 1.62 bits per heavy atom. The second-order valence-electron chi connectivity index (χ2n) is 4.56. The van der Waals surface area contributed by atoms with Gasteiger partial charge in [0.05, 0.1) is 5.69 Å². The number of hydrogen-bond acceptors (Lipinski definition) is 2. The van der Waals surface area contributed by atoms with Crippen LogP contribution in [0.15, 0.2) is 60.7 Å². The third kappa shape index (κ3) is 2.93. The van der Waals surface area contributed by atoms with Crippen molar-refractivity contribution in [2.75, 3.05) is 0 Å². The summed E-state index contributed by atoms with van der Waals surface area (Å²) in [5.74, 6) is 0.439. The predicted molar refractivity (Wildman–Crippen MR) is 82.7 cm³/mol. The quantitative estimate of drug-likeness (QED) is 0.640. The van der Waals surface area contributed by atoms with Crippen molar-refractivity contribution < 1.29 is 4.39 Å². The average molecular weight is 299 g/mol. The largest absolute Gasteiger partial charge is 0.246 e. The SMILES string of the molecule is FCc1ccccc1-c1nc(Cl)cc(-c2ccccc2)n1. The minimum Gasteiger partial charge on any atom is -0.246 e. The Bertz CT molecular complexity index is 760. The third-order valence-electron chi connectivity index (χ3n) is 3.17. The zero-order valence-corrected chi connectivity index (χ0v) is 11.9. The minimum absolute atomic E-state index is 0.340. The standard InChI is InChI=1S/C17H12ClFN2/c18-16-10-15(12-6-2-1-3-7-12)20-17(21-16)14-9-5-4-8-13(14)11-19/h1-10H,11H2. The molecule has 0 aliphatic heterocycles. The number of hydrogen-bond donors (Lipinski definition) is 0. The van der Waals surface area contributed by atoms with Crippen LogP contribution >= 0.6 is 11.6 Å². The second kappa shape index (κ2) is 6.02. The van der Waals surface area contributed by atoms with E-state index in [-0.39, 0.29) is 0 Å². The van der Waals surface area contributed by atoms with Crippen LogP contribution in [0.5, 0.6) is 0 Å². The molecule has 4 heteroatoms. The number of rotatable bonds is 3. The van der Waals surface area contributed by atoms with E-state index in [2.05, 4.69) is 9.97 Å². The molecule has 3 aromatic rings. The van der Waals surface area contributed by atoms with E-state index in [0.29, 0.717) is 22.1 Å². The summed E-state index contributed by atoms with van der Waals surface area (Å²) in [4.78, 5) is 8.75. The first-order valence-corrected chi connectivity index (χ1v) is 6.90. The molecule has 0 aliphatic rings. The van der Waals surface area contributed by atoms with Crippen LogP contribution in [0.3, 0.4) is 0 Å². The lowest BCUT2D eigenvalue weighted by Gasteiger charge is -2.08. The first-order valence-electron chi connectivity index (χ1n) is 6.52. The molecule has 0 spiro atoms. The molecule has 104 valence electrons. The molecule has 21 heavy (non-hydrogen) atoms. The number of aromatic nitrogens is 2. The first kappa shape index (κ1) is 13.7. The molecule has 0 radical (unpaired) electrons. The van der Waals surface area contributed by atoms with Crippen molar-refractivity contribution in [2.24, 2.45) is 0 Å². The van der Waals surface area contributed by atoms with Gasteiger partial charge in [-0.15, -0.1) is 0 Å². The highest BCUT2D eigenvalue weighted by Gasteiger charge is 2.10. The van der Waals surface area contributed by atoms with E-state index in [4.69, 9.17) is 11.6 Å². The summed E-state index contributed by atoms with van der Waals surface area (Å²) in [6.45, 7) is -0.563. The average Bonchev–Trinajstić information content (AvgIpc) is 2.55. The molecule has 0 saturated heterocycles. The molecule has 0 saturated carbocycles. The summed E-state index contributed by atoms with van der Waals surface area (Å²) >= 11 is 6.10. The first-order chi connectivity index (χ1) is 10.3. The summed E-state index contributed by atoms with van der Waals surface area (Å²) in [6.07, 6.45) is 0. The van der Waals surface area contributed by atoms with Crippen molar-refractivity contribution in [3.8, 4) is 22.6 Å². The van der Waals surface area contributed by atoms with Crippen molar-refractivity contribution in [1.29, 1.82) is 0 Å². The zero-order valence-electron chi connectivity index (χ0n) is 11.1. The van der Waals surface area contributed by atoms with Crippen LogP contribution < -0.4 is 0 Å². The second-order valence-corrected chi connectivity index (χ2v) is 4.94. The molecule has 1 heterocycles. The van der Waals surface area contributed by atoms with Gasteiger partial charge in [0.1, 0.15) is 11.8 Å². The summed E-state index contributed by atoms with van der Waals surface area (Å²) in [5, 5.41) is 0.340. The van der Waals surface area contributed by atoms with Crippen molar-refractivity contribution in [2.45, 2.75) is 6.67 Å². The van der Waals surface area contributed by atoms with E-state index < -0.39 is 6.67 Å². The summed E-state index contributed by atoms with van der Waals surface area (Å²) < 4.78 is 13.1. The fraction of sp³-hybridized carbons (Fsp3) is 0.0588. The van der Waals surface area contributed by atoms with Crippen molar-refractivity contribution in [3.05, 3.63) is 71.4 Å². The van der Waals surface area contributed by atoms with Gasteiger partial charge in [0.25, 0.3) is 0 Å². The Labute approximate surface area is 127 Å². The molecule has 2 nitrogen and oxygen atoms in total. The third-order valence-corrected chi connectivity index (χ3v) is 3.36. The number of nitrogens with zero attached hydrogens (tertiary/aromatic N) is 2. The van der Waals surface area contributed by atoms with E-state index in [0.717, 1.165) is 11.3 Å². The molecule has 0 fully saturated rings. The molecule has 0 unspecified atom stereocenters. The lowest BCUT2D eigenvalue weighted by atomic mass is 10.1. The molecule has 0 amide bonds. The van der Waals surface area contributed by atoms with Gasteiger partial charge in [-0.25, -0.2) is 14.4 Å². The predicted octanol–water partition coefficient (Wildman–Crippen LogP) is 4.93. The minimum atomic E-state index is -0.563. The van der Waals surface area contributed by atoms with Crippen LogP contribution in [-0.2, 0) is 6.67 Å². The lowest BCUT2D eigenvalue weighted by Crippen LogP contribution is -1.95. The summed E-state index contributed by atoms with van der Waals surface area (Å²) in [6, 6.07) is 18.6. The Kier molecular flexibility index (Phi) is 3.93. The van der Waals surface area contributed by atoms with Gasteiger partial charge in [0.15, 0.2) is 5.82 Å². The van der Waals surface area contributed by atoms with Crippen LogP contribution in [0.1, 0.15) is 5.56 Å². The maximum Gasteiger partial charge on any atom is 0.161 e. The molecule has 3 rings (SSSR count). The molecule has 0 bridgehead atoms. The maximum atomic E-state index is 13.1. The van der Waals surface area contributed by atoms with Gasteiger partial charge in [-0.3, -0.25) is 0 Å². The van der Waals surface area contributed by atoms with E-state index in [1.54, 1.807) is 24.3 Å². The van der Waals surface area contributed by atoms with Gasteiger partial charge in [0.2, 0.25) is 0 Å². The van der Waals surface area contributed by atoms with E-state index >= 15 is 0 Å². The zero-order chi connectivity index (χ0) is 14.7. The molecular weight excluding hydrogens is 287 g/mol. The van der Waals surface area contributed by atoms with Gasteiger partial charge in [0, 0.05) is 17.2 Å². The van der Waals surface area contributed by atoms with Gasteiger partial charge >= 0.3 is 0 Å². The van der Waals surface area contributed by atoms with Gasteiger partial charge < -0.3 is 0 Å². The van der Waals surface area contributed by atoms with Crippen LogP contribution in [0.25, 0.3) is 22.6 Å². The van der Waals surface area contributed by atoms with E-state index in [1.165, 1.54) is 0 Å². The smallest absolute Gasteiger partial charge is 0.161 e. The Morgan fingerprint density at radius 1 is 0.905 bits per heavy atom. The van der Waals surface area contributed by atoms with Crippen molar-refractivity contribution >= 4 is 11.6 Å². The van der Waals surface area contributed by atoms with Gasteiger partial charge in [-0.05, 0) is 5.56 Å². The van der Waals surface area contributed by atoms with Crippen molar-refractivity contribution in [1.82, 2.24) is 9.97 Å². The highest BCUT2D eigenvalue weighted by Crippen LogP contribution is 2.26. The van der Waals surface area contributed by atoms with Crippen molar-refractivity contribution in [3.63, 3.8) is 0 Å². The fourth-order valence-electron chi connectivity index (χ4n) is 2.15. The fourth-order valence-corrected chi connectivity index (χ4v) is 2.33. The lowest BCUT2D eigenvalue weighted by molar-refractivity contribution is 0.486. The van der Waals surface area contributed by atoms with E-state index in [9.17, 15) is 4.39 Å². The molecule has 2 aromatic carbocycles. The molecule has 1 aromatic heterocycles. The van der Waals surface area contributed by atoms with Crippen LogP contribution in [0.4, 0.5) is 4.39 Å². The Morgan fingerprint density at radius 3 is 2.38 bits per heavy atom. The maximum absolute atomic E-state index is 13.1. The van der Waals surface area contributed by atoms with Crippen LogP contribution in [-0.4, -0.2) is 9.97 Å².